The molecule has 0 aliphatic rings. The van der Waals surface area contributed by atoms with Crippen LogP contribution in [0.5, 0.6) is 0 Å². The fourth-order valence-corrected chi connectivity index (χ4v) is 1.49. The van der Waals surface area contributed by atoms with Crippen LogP contribution in [0.15, 0.2) is 24.3 Å². The molecule has 0 aromatic heterocycles. The molecule has 3 N–H and O–H groups in total. The Hall–Kier alpha value is -1.51. The number of hydrogen-bond acceptors (Lipinski definition) is 2. The van der Waals surface area contributed by atoms with Crippen molar-refractivity contribution < 1.29 is 4.79 Å². The molecular weight excluding hydrogens is 188 g/mol. The van der Waals surface area contributed by atoms with Crippen LogP contribution in [0, 0.1) is 0 Å². The number of nitrogens with two attached hydrogens (primary N) is 1. The van der Waals surface area contributed by atoms with Crippen molar-refractivity contribution >= 4 is 11.6 Å². The minimum atomic E-state index is -0.0525. The summed E-state index contributed by atoms with van der Waals surface area (Å²) in [6.07, 6.45) is 2.06. The molecular formula is C12H18N2O. The summed E-state index contributed by atoms with van der Waals surface area (Å²) < 4.78 is 0. The van der Waals surface area contributed by atoms with Crippen LogP contribution in [0.3, 0.4) is 0 Å². The van der Waals surface area contributed by atoms with Crippen molar-refractivity contribution in [1.82, 2.24) is 5.32 Å². The SMILES string of the molecule is CCCC(C)NC(=O)c1cccc(N)c1. The van der Waals surface area contributed by atoms with E-state index in [1.165, 1.54) is 0 Å². The minimum absolute atomic E-state index is 0.0525. The number of benzene rings is 1. The first-order valence-electron chi connectivity index (χ1n) is 5.30. The van der Waals surface area contributed by atoms with Crippen molar-refractivity contribution in [3.8, 4) is 0 Å². The molecule has 0 spiro atoms. The fraction of sp³-hybridized carbons (Fsp3) is 0.417. The van der Waals surface area contributed by atoms with Crippen LogP contribution in [-0.4, -0.2) is 11.9 Å². The number of rotatable bonds is 4. The number of hydrogen-bond donors (Lipinski definition) is 2. The average molecular weight is 206 g/mol. The Morgan fingerprint density at radius 2 is 2.27 bits per heavy atom. The molecule has 15 heavy (non-hydrogen) atoms. The minimum Gasteiger partial charge on any atom is -0.399 e. The molecule has 1 atom stereocenters. The first-order valence-corrected chi connectivity index (χ1v) is 5.30. The predicted molar refractivity (Wildman–Crippen MR) is 62.7 cm³/mol. The second-order valence-electron chi connectivity index (χ2n) is 3.79. The van der Waals surface area contributed by atoms with E-state index in [4.69, 9.17) is 5.73 Å². The lowest BCUT2D eigenvalue weighted by Crippen LogP contribution is -2.32. The zero-order chi connectivity index (χ0) is 11.3. The van der Waals surface area contributed by atoms with E-state index < -0.39 is 0 Å². The molecule has 0 aliphatic carbocycles. The molecule has 0 bridgehead atoms. The van der Waals surface area contributed by atoms with Gasteiger partial charge < -0.3 is 11.1 Å². The second-order valence-corrected chi connectivity index (χ2v) is 3.79. The van der Waals surface area contributed by atoms with Gasteiger partial charge >= 0.3 is 0 Å². The molecule has 0 saturated heterocycles. The Morgan fingerprint density at radius 3 is 2.87 bits per heavy atom. The molecule has 0 heterocycles. The topological polar surface area (TPSA) is 55.1 Å². The predicted octanol–water partition coefficient (Wildman–Crippen LogP) is 2.19. The van der Waals surface area contributed by atoms with E-state index >= 15 is 0 Å². The van der Waals surface area contributed by atoms with Gasteiger partial charge in [-0.15, -0.1) is 0 Å². The zero-order valence-corrected chi connectivity index (χ0v) is 9.29. The maximum atomic E-state index is 11.7. The van der Waals surface area contributed by atoms with E-state index in [0.29, 0.717) is 11.3 Å². The Kier molecular flexibility index (Phi) is 4.16. The van der Waals surface area contributed by atoms with Crippen LogP contribution in [-0.2, 0) is 0 Å². The molecule has 0 saturated carbocycles. The van der Waals surface area contributed by atoms with E-state index in [1.54, 1.807) is 24.3 Å². The first kappa shape index (κ1) is 11.6. The van der Waals surface area contributed by atoms with E-state index in [9.17, 15) is 4.79 Å². The monoisotopic (exact) mass is 206 g/mol. The number of amides is 1. The van der Waals surface area contributed by atoms with Crippen LogP contribution in [0.4, 0.5) is 5.69 Å². The van der Waals surface area contributed by atoms with Crippen molar-refractivity contribution in [1.29, 1.82) is 0 Å². The highest BCUT2D eigenvalue weighted by Crippen LogP contribution is 2.07. The first-order chi connectivity index (χ1) is 7.13. The Bertz CT molecular complexity index is 336. The van der Waals surface area contributed by atoms with Crippen LogP contribution >= 0.6 is 0 Å². The van der Waals surface area contributed by atoms with Crippen molar-refractivity contribution in [2.75, 3.05) is 5.73 Å². The number of nitrogens with one attached hydrogen (secondary N) is 1. The lowest BCUT2D eigenvalue weighted by atomic mass is 10.1. The average Bonchev–Trinajstić information content (AvgIpc) is 2.18. The number of nitrogen functional groups attached to an aromatic ring is 1. The summed E-state index contributed by atoms with van der Waals surface area (Å²) >= 11 is 0. The lowest BCUT2D eigenvalue weighted by molar-refractivity contribution is 0.0938. The maximum absolute atomic E-state index is 11.7. The summed E-state index contributed by atoms with van der Waals surface area (Å²) in [5.74, 6) is -0.0525. The van der Waals surface area contributed by atoms with Gasteiger partial charge in [0, 0.05) is 17.3 Å². The van der Waals surface area contributed by atoms with Crippen LogP contribution < -0.4 is 11.1 Å². The number of carbonyl (C=O) groups is 1. The van der Waals surface area contributed by atoms with Crippen molar-refractivity contribution in [2.24, 2.45) is 0 Å². The number of carbonyl (C=O) groups excluding carboxylic acids is 1. The Labute approximate surface area is 90.7 Å². The van der Waals surface area contributed by atoms with Crippen molar-refractivity contribution in [3.05, 3.63) is 29.8 Å². The Balaban J connectivity index is 2.61. The summed E-state index contributed by atoms with van der Waals surface area (Å²) in [6.45, 7) is 4.11. The standard InChI is InChI=1S/C12H18N2O/c1-3-5-9(2)14-12(15)10-6-4-7-11(13)8-10/h4,6-9H,3,5,13H2,1-2H3,(H,14,15). The summed E-state index contributed by atoms with van der Waals surface area (Å²) in [4.78, 5) is 11.7. The second kappa shape index (κ2) is 5.39. The molecule has 3 heteroatoms. The number of anilines is 1. The highest BCUT2D eigenvalue weighted by Gasteiger charge is 2.08. The van der Waals surface area contributed by atoms with Gasteiger partial charge in [-0.3, -0.25) is 4.79 Å². The van der Waals surface area contributed by atoms with Gasteiger partial charge in [-0.1, -0.05) is 19.4 Å². The van der Waals surface area contributed by atoms with Crippen LogP contribution in [0.2, 0.25) is 0 Å². The van der Waals surface area contributed by atoms with Gasteiger partial charge in [0.2, 0.25) is 0 Å². The van der Waals surface area contributed by atoms with Crippen LogP contribution in [0.1, 0.15) is 37.0 Å². The third-order valence-electron chi connectivity index (χ3n) is 2.25. The van der Waals surface area contributed by atoms with Crippen molar-refractivity contribution in [2.45, 2.75) is 32.7 Å². The maximum Gasteiger partial charge on any atom is 0.251 e. The van der Waals surface area contributed by atoms with Gasteiger partial charge in [0.15, 0.2) is 0 Å². The van der Waals surface area contributed by atoms with Gasteiger partial charge in [0.05, 0.1) is 0 Å². The summed E-state index contributed by atoms with van der Waals surface area (Å²) in [7, 11) is 0. The molecule has 0 radical (unpaired) electrons. The zero-order valence-electron chi connectivity index (χ0n) is 9.29. The molecule has 1 aromatic rings. The normalized spacial score (nSPS) is 12.1. The lowest BCUT2D eigenvalue weighted by Gasteiger charge is -2.12. The van der Waals surface area contributed by atoms with Gasteiger partial charge in [-0.25, -0.2) is 0 Å². The van der Waals surface area contributed by atoms with Crippen LogP contribution in [0.25, 0.3) is 0 Å². The van der Waals surface area contributed by atoms with Crippen molar-refractivity contribution in [3.63, 3.8) is 0 Å². The third-order valence-corrected chi connectivity index (χ3v) is 2.25. The highest BCUT2D eigenvalue weighted by atomic mass is 16.1. The van der Waals surface area contributed by atoms with Gasteiger partial charge in [-0.05, 0) is 31.5 Å². The largest absolute Gasteiger partial charge is 0.399 e. The summed E-state index contributed by atoms with van der Waals surface area (Å²) in [6, 6.07) is 7.23. The van der Waals surface area contributed by atoms with E-state index in [0.717, 1.165) is 12.8 Å². The van der Waals surface area contributed by atoms with Gasteiger partial charge in [0.1, 0.15) is 0 Å². The third kappa shape index (κ3) is 3.62. The smallest absolute Gasteiger partial charge is 0.251 e. The van der Waals surface area contributed by atoms with E-state index in [1.807, 2.05) is 6.92 Å². The molecule has 3 nitrogen and oxygen atoms in total. The molecule has 1 unspecified atom stereocenters. The summed E-state index contributed by atoms with van der Waals surface area (Å²) in [5, 5.41) is 2.93. The molecule has 82 valence electrons. The molecule has 1 aromatic carbocycles. The molecule has 1 amide bonds. The quantitative estimate of drug-likeness (QED) is 0.742. The van der Waals surface area contributed by atoms with E-state index in [-0.39, 0.29) is 11.9 Å². The van der Waals surface area contributed by atoms with Gasteiger partial charge in [0.25, 0.3) is 5.91 Å². The molecule has 0 aliphatic heterocycles. The Morgan fingerprint density at radius 1 is 1.53 bits per heavy atom. The fourth-order valence-electron chi connectivity index (χ4n) is 1.49. The molecule has 0 fully saturated rings. The summed E-state index contributed by atoms with van der Waals surface area (Å²) in [5.41, 5.74) is 6.85. The van der Waals surface area contributed by atoms with E-state index in [2.05, 4.69) is 12.2 Å². The highest BCUT2D eigenvalue weighted by molar-refractivity contribution is 5.95. The molecule has 1 rings (SSSR count). The van der Waals surface area contributed by atoms with Gasteiger partial charge in [-0.2, -0.15) is 0 Å².